The standard InChI is InChI=1S/C37H36ClNO7S/c1-24(2)32-20-27-22-39(47(42,43)31-15-8-26(9-16-31)25-6-4-3-5-7-25)19-18-34(27)46-37(32)33-21-30(14-17-35(33)44-23-36(40)41)45-29-12-10-28(38)11-13-29/h3-17,21,27,32,34,37H,1,18-20,22-23H2,2H3,(H,40,41)/t27-,32-,34+,37+/m0/s1. The summed E-state index contributed by atoms with van der Waals surface area (Å²) < 4.78 is 47.7. The fraction of sp³-hybridized carbons (Fsp3) is 0.270. The lowest BCUT2D eigenvalue weighted by molar-refractivity contribution is -0.139. The predicted octanol–water partition coefficient (Wildman–Crippen LogP) is 8.00. The monoisotopic (exact) mass is 673 g/mol. The predicted molar refractivity (Wildman–Crippen MR) is 180 cm³/mol. The molecule has 10 heteroatoms. The van der Waals surface area contributed by atoms with Gasteiger partial charge in [0.25, 0.3) is 0 Å². The van der Waals surface area contributed by atoms with Gasteiger partial charge in [0.05, 0.1) is 17.1 Å². The van der Waals surface area contributed by atoms with Crippen LogP contribution in [0.25, 0.3) is 11.1 Å². The summed E-state index contributed by atoms with van der Waals surface area (Å²) in [5, 5.41) is 9.91. The van der Waals surface area contributed by atoms with Gasteiger partial charge in [0, 0.05) is 29.6 Å². The Bertz CT molecular complexity index is 1850. The van der Waals surface area contributed by atoms with Crippen LogP contribution >= 0.6 is 11.6 Å². The van der Waals surface area contributed by atoms with Gasteiger partial charge in [-0.25, -0.2) is 13.2 Å². The number of rotatable bonds is 10. The quantitative estimate of drug-likeness (QED) is 0.170. The van der Waals surface area contributed by atoms with E-state index >= 15 is 0 Å². The highest BCUT2D eigenvalue weighted by Gasteiger charge is 2.45. The number of carboxylic acid groups (broad SMARTS) is 1. The summed E-state index contributed by atoms with van der Waals surface area (Å²) in [7, 11) is -3.72. The molecule has 0 aromatic heterocycles. The fourth-order valence-electron chi connectivity index (χ4n) is 6.40. The Kier molecular flexibility index (Phi) is 9.70. The van der Waals surface area contributed by atoms with Crippen LogP contribution < -0.4 is 9.47 Å². The number of aliphatic carboxylic acids is 1. The van der Waals surface area contributed by atoms with Crippen molar-refractivity contribution in [2.24, 2.45) is 11.8 Å². The van der Waals surface area contributed by atoms with Gasteiger partial charge in [-0.3, -0.25) is 0 Å². The molecule has 2 saturated heterocycles. The molecule has 0 saturated carbocycles. The van der Waals surface area contributed by atoms with E-state index in [1.54, 1.807) is 52.8 Å². The molecule has 0 amide bonds. The first kappa shape index (κ1) is 32.8. The lowest BCUT2D eigenvalue weighted by Crippen LogP contribution is -2.50. The molecule has 4 atom stereocenters. The second kappa shape index (κ2) is 13.9. The Balaban J connectivity index is 1.23. The first-order valence-electron chi connectivity index (χ1n) is 15.5. The van der Waals surface area contributed by atoms with Crippen LogP contribution in [0.1, 0.15) is 31.4 Å². The summed E-state index contributed by atoms with van der Waals surface area (Å²) in [5.74, 6) is 0.157. The number of benzene rings is 4. The van der Waals surface area contributed by atoms with Gasteiger partial charge < -0.3 is 19.3 Å². The maximum Gasteiger partial charge on any atom is 0.341 e. The molecular formula is C37H36ClNO7S. The molecule has 0 aliphatic carbocycles. The average molecular weight is 674 g/mol. The van der Waals surface area contributed by atoms with Crippen molar-refractivity contribution in [2.45, 2.75) is 36.9 Å². The van der Waals surface area contributed by atoms with Gasteiger partial charge in [-0.05, 0) is 91.4 Å². The van der Waals surface area contributed by atoms with Crippen molar-refractivity contribution < 1.29 is 32.5 Å². The normalized spacial score (nSPS) is 21.4. The highest BCUT2D eigenvalue weighted by molar-refractivity contribution is 7.89. The van der Waals surface area contributed by atoms with Gasteiger partial charge in [0.15, 0.2) is 6.61 Å². The van der Waals surface area contributed by atoms with Crippen LogP contribution in [0.3, 0.4) is 0 Å². The summed E-state index contributed by atoms with van der Waals surface area (Å²) in [6.07, 6.45) is 0.442. The number of hydrogen-bond acceptors (Lipinski definition) is 6. The number of ether oxygens (including phenoxy) is 3. The first-order valence-corrected chi connectivity index (χ1v) is 17.3. The van der Waals surface area contributed by atoms with E-state index in [1.807, 2.05) is 55.5 Å². The van der Waals surface area contributed by atoms with E-state index in [1.165, 1.54) is 0 Å². The largest absolute Gasteiger partial charge is 0.482 e. The molecule has 244 valence electrons. The molecule has 0 radical (unpaired) electrons. The topological polar surface area (TPSA) is 102 Å². The maximum atomic E-state index is 13.8. The van der Waals surface area contributed by atoms with E-state index in [-0.39, 0.29) is 22.8 Å². The number of carboxylic acids is 1. The second-order valence-electron chi connectivity index (χ2n) is 12.0. The summed E-state index contributed by atoms with van der Waals surface area (Å²) in [6.45, 7) is 6.31. The van der Waals surface area contributed by atoms with Crippen LogP contribution in [-0.2, 0) is 19.6 Å². The van der Waals surface area contributed by atoms with E-state index in [0.717, 1.165) is 16.7 Å². The van der Waals surface area contributed by atoms with E-state index in [2.05, 4.69) is 6.58 Å². The Hall–Kier alpha value is -4.15. The number of hydrogen-bond donors (Lipinski definition) is 1. The minimum atomic E-state index is -3.72. The molecule has 2 aliphatic rings. The molecule has 1 N–H and O–H groups in total. The molecule has 6 rings (SSSR count). The van der Waals surface area contributed by atoms with Crippen molar-refractivity contribution >= 4 is 27.6 Å². The van der Waals surface area contributed by atoms with Crippen molar-refractivity contribution in [3.8, 4) is 28.4 Å². The van der Waals surface area contributed by atoms with Crippen LogP contribution in [0.5, 0.6) is 17.2 Å². The molecular weight excluding hydrogens is 638 g/mol. The Morgan fingerprint density at radius 3 is 2.34 bits per heavy atom. The third kappa shape index (κ3) is 7.39. The molecule has 47 heavy (non-hydrogen) atoms. The van der Waals surface area contributed by atoms with Gasteiger partial charge >= 0.3 is 5.97 Å². The summed E-state index contributed by atoms with van der Waals surface area (Å²) >= 11 is 6.03. The number of piperidine rings is 1. The SMILES string of the molecule is C=C(C)[C@@H]1C[C@H]2CN(S(=O)(=O)c3ccc(-c4ccccc4)cc3)CC[C@H]2O[C@H]1c1cc(Oc2ccc(Cl)cc2)ccc1OCC(=O)O. The molecule has 0 unspecified atom stereocenters. The lowest BCUT2D eigenvalue weighted by atomic mass is 9.76. The molecule has 0 bridgehead atoms. The maximum absolute atomic E-state index is 13.8. The van der Waals surface area contributed by atoms with Crippen LogP contribution in [0.4, 0.5) is 0 Å². The Labute approximate surface area is 280 Å². The van der Waals surface area contributed by atoms with Crippen LogP contribution in [0.2, 0.25) is 5.02 Å². The summed E-state index contributed by atoms with van der Waals surface area (Å²) in [4.78, 5) is 11.7. The van der Waals surface area contributed by atoms with Gasteiger partial charge in [-0.15, -0.1) is 0 Å². The van der Waals surface area contributed by atoms with Gasteiger partial charge in [-0.2, -0.15) is 4.31 Å². The first-order chi connectivity index (χ1) is 22.6. The van der Waals surface area contributed by atoms with Crippen LogP contribution in [0.15, 0.2) is 114 Å². The summed E-state index contributed by atoms with van der Waals surface area (Å²) in [6, 6.07) is 29.1. The van der Waals surface area contributed by atoms with Gasteiger partial charge in [-0.1, -0.05) is 66.2 Å². The van der Waals surface area contributed by atoms with E-state index in [4.69, 9.17) is 25.8 Å². The lowest BCUT2D eigenvalue weighted by Gasteiger charge is -2.47. The number of nitrogens with zero attached hydrogens (tertiary/aromatic N) is 1. The highest BCUT2D eigenvalue weighted by Crippen LogP contribution is 2.48. The average Bonchev–Trinajstić information content (AvgIpc) is 3.08. The number of fused-ring (bicyclic) bond motifs is 1. The molecule has 2 fully saturated rings. The number of sulfonamides is 1. The van der Waals surface area contributed by atoms with Crippen molar-refractivity contribution in [1.29, 1.82) is 0 Å². The van der Waals surface area contributed by atoms with Crippen molar-refractivity contribution in [3.05, 3.63) is 120 Å². The van der Waals surface area contributed by atoms with Gasteiger partial charge in [0.2, 0.25) is 10.0 Å². The van der Waals surface area contributed by atoms with E-state index < -0.39 is 28.7 Å². The summed E-state index contributed by atoms with van der Waals surface area (Å²) in [5.41, 5.74) is 3.50. The fourth-order valence-corrected chi connectivity index (χ4v) is 8.04. The Morgan fingerprint density at radius 2 is 1.66 bits per heavy atom. The zero-order valence-corrected chi connectivity index (χ0v) is 27.5. The smallest absolute Gasteiger partial charge is 0.341 e. The van der Waals surface area contributed by atoms with Crippen LogP contribution in [0, 0.1) is 11.8 Å². The van der Waals surface area contributed by atoms with Gasteiger partial charge in [0.1, 0.15) is 17.2 Å². The molecule has 4 aromatic carbocycles. The van der Waals surface area contributed by atoms with E-state index in [9.17, 15) is 18.3 Å². The highest BCUT2D eigenvalue weighted by atomic mass is 35.5. The minimum absolute atomic E-state index is 0.0584. The van der Waals surface area contributed by atoms with Crippen molar-refractivity contribution in [1.82, 2.24) is 4.31 Å². The zero-order valence-electron chi connectivity index (χ0n) is 25.9. The van der Waals surface area contributed by atoms with Crippen LogP contribution in [-0.4, -0.2) is 49.6 Å². The van der Waals surface area contributed by atoms with E-state index in [0.29, 0.717) is 53.8 Å². The molecule has 8 nitrogen and oxygen atoms in total. The zero-order chi connectivity index (χ0) is 33.1. The minimum Gasteiger partial charge on any atom is -0.482 e. The van der Waals surface area contributed by atoms with Crippen molar-refractivity contribution in [2.75, 3.05) is 19.7 Å². The third-order valence-corrected chi connectivity index (χ3v) is 10.9. The third-order valence-electron chi connectivity index (χ3n) is 8.79. The number of carbonyl (C=O) groups is 1. The molecule has 4 aromatic rings. The molecule has 0 spiro atoms. The number of halogens is 1. The second-order valence-corrected chi connectivity index (χ2v) is 14.4. The molecule has 2 heterocycles. The molecule has 2 aliphatic heterocycles. The Morgan fingerprint density at radius 1 is 0.979 bits per heavy atom. The van der Waals surface area contributed by atoms with Crippen molar-refractivity contribution in [3.63, 3.8) is 0 Å².